The predicted octanol–water partition coefficient (Wildman–Crippen LogP) is 1.14. The second-order valence-corrected chi connectivity index (χ2v) is 3.35. The summed E-state index contributed by atoms with van der Waals surface area (Å²) < 4.78 is 1.80. The third-order valence-corrected chi connectivity index (χ3v) is 2.24. The van der Waals surface area contributed by atoms with Gasteiger partial charge in [-0.2, -0.15) is 5.10 Å². The molecule has 4 nitrogen and oxygen atoms in total. The molecule has 2 rings (SSSR count). The monoisotopic (exact) mass is 190 g/mol. The lowest BCUT2D eigenvalue weighted by Crippen LogP contribution is -1.98. The lowest BCUT2D eigenvalue weighted by Gasteiger charge is -1.99. The zero-order chi connectivity index (χ0) is 9.97. The van der Waals surface area contributed by atoms with E-state index in [4.69, 9.17) is 5.73 Å². The Balaban J connectivity index is 2.46. The molecule has 0 saturated heterocycles. The van der Waals surface area contributed by atoms with Gasteiger partial charge in [0.1, 0.15) is 0 Å². The molecule has 0 aliphatic heterocycles. The Labute approximate surface area is 82.8 Å². The number of aryl methyl sites for hydroxylation is 1. The summed E-state index contributed by atoms with van der Waals surface area (Å²) in [4.78, 5) is 4.35. The Morgan fingerprint density at radius 3 is 3.00 bits per heavy atom. The minimum atomic E-state index is 0.490. The highest BCUT2D eigenvalue weighted by atomic mass is 15.2. The molecule has 0 atom stereocenters. The van der Waals surface area contributed by atoms with Gasteiger partial charge in [-0.1, -0.05) is 13.3 Å². The quantitative estimate of drug-likeness (QED) is 0.789. The SMILES string of the molecule is CCCc1cnc2c(CN)cnn2c1. The van der Waals surface area contributed by atoms with Crippen LogP contribution in [-0.2, 0) is 13.0 Å². The predicted molar refractivity (Wildman–Crippen MR) is 54.9 cm³/mol. The molecule has 2 heterocycles. The third-order valence-electron chi connectivity index (χ3n) is 2.24. The van der Waals surface area contributed by atoms with Crippen LogP contribution in [0.4, 0.5) is 0 Å². The van der Waals surface area contributed by atoms with E-state index in [0.29, 0.717) is 6.54 Å². The Morgan fingerprint density at radius 1 is 1.43 bits per heavy atom. The number of nitrogens with zero attached hydrogens (tertiary/aromatic N) is 3. The molecule has 2 aromatic rings. The summed E-state index contributed by atoms with van der Waals surface area (Å²) in [7, 11) is 0. The van der Waals surface area contributed by atoms with Crippen LogP contribution >= 0.6 is 0 Å². The highest BCUT2D eigenvalue weighted by Crippen LogP contribution is 2.08. The van der Waals surface area contributed by atoms with Crippen molar-refractivity contribution in [3.05, 3.63) is 29.7 Å². The number of fused-ring (bicyclic) bond motifs is 1. The van der Waals surface area contributed by atoms with Gasteiger partial charge >= 0.3 is 0 Å². The lowest BCUT2D eigenvalue weighted by molar-refractivity contribution is 0.864. The Hall–Kier alpha value is -1.42. The Kier molecular flexibility index (Phi) is 2.45. The van der Waals surface area contributed by atoms with E-state index in [0.717, 1.165) is 24.1 Å². The number of hydrogen-bond acceptors (Lipinski definition) is 3. The Bertz CT molecular complexity index is 433. The van der Waals surface area contributed by atoms with Crippen LogP contribution < -0.4 is 5.73 Å². The van der Waals surface area contributed by atoms with E-state index in [9.17, 15) is 0 Å². The summed E-state index contributed by atoms with van der Waals surface area (Å²) in [6, 6.07) is 0. The fraction of sp³-hybridized carbons (Fsp3) is 0.400. The van der Waals surface area contributed by atoms with Crippen LogP contribution in [0, 0.1) is 0 Å². The van der Waals surface area contributed by atoms with Crippen LogP contribution in [0.3, 0.4) is 0 Å². The molecule has 0 aliphatic carbocycles. The molecule has 0 fully saturated rings. The van der Waals surface area contributed by atoms with E-state index in [2.05, 4.69) is 17.0 Å². The van der Waals surface area contributed by atoms with Crippen molar-refractivity contribution in [2.75, 3.05) is 0 Å². The minimum absolute atomic E-state index is 0.490. The normalized spacial score (nSPS) is 11.0. The third kappa shape index (κ3) is 1.48. The molecule has 2 N–H and O–H groups in total. The van der Waals surface area contributed by atoms with Crippen molar-refractivity contribution >= 4 is 5.65 Å². The van der Waals surface area contributed by atoms with Gasteiger partial charge in [-0.05, 0) is 12.0 Å². The molecule has 0 aliphatic rings. The second-order valence-electron chi connectivity index (χ2n) is 3.35. The van der Waals surface area contributed by atoms with Gasteiger partial charge in [0.15, 0.2) is 5.65 Å². The molecule has 0 bridgehead atoms. The average molecular weight is 190 g/mol. The van der Waals surface area contributed by atoms with Crippen LogP contribution in [0.5, 0.6) is 0 Å². The van der Waals surface area contributed by atoms with Gasteiger partial charge in [-0.3, -0.25) is 0 Å². The smallest absolute Gasteiger partial charge is 0.159 e. The molecule has 0 unspecified atom stereocenters. The van der Waals surface area contributed by atoms with E-state index in [-0.39, 0.29) is 0 Å². The topological polar surface area (TPSA) is 56.2 Å². The molecule has 0 spiro atoms. The molecule has 2 aromatic heterocycles. The molecule has 0 saturated carbocycles. The number of hydrogen-bond donors (Lipinski definition) is 1. The maximum absolute atomic E-state index is 5.56. The van der Waals surface area contributed by atoms with E-state index < -0.39 is 0 Å². The largest absolute Gasteiger partial charge is 0.326 e. The fourth-order valence-corrected chi connectivity index (χ4v) is 1.52. The van der Waals surface area contributed by atoms with E-state index in [1.54, 1.807) is 10.7 Å². The van der Waals surface area contributed by atoms with Crippen LogP contribution in [0.1, 0.15) is 24.5 Å². The maximum Gasteiger partial charge on any atom is 0.159 e. The summed E-state index contributed by atoms with van der Waals surface area (Å²) in [6.45, 7) is 2.64. The summed E-state index contributed by atoms with van der Waals surface area (Å²) in [5.74, 6) is 0. The van der Waals surface area contributed by atoms with Gasteiger partial charge in [0.2, 0.25) is 0 Å². The number of rotatable bonds is 3. The van der Waals surface area contributed by atoms with Gasteiger partial charge in [0.05, 0.1) is 6.20 Å². The van der Waals surface area contributed by atoms with Crippen LogP contribution in [0.25, 0.3) is 5.65 Å². The van der Waals surface area contributed by atoms with Crippen molar-refractivity contribution in [3.8, 4) is 0 Å². The average Bonchev–Trinajstić information content (AvgIpc) is 2.60. The highest BCUT2D eigenvalue weighted by molar-refractivity contribution is 5.46. The second kappa shape index (κ2) is 3.75. The maximum atomic E-state index is 5.56. The zero-order valence-electron chi connectivity index (χ0n) is 8.27. The van der Waals surface area contributed by atoms with Crippen molar-refractivity contribution in [2.24, 2.45) is 5.73 Å². The van der Waals surface area contributed by atoms with Crippen molar-refractivity contribution < 1.29 is 0 Å². The molecule has 0 radical (unpaired) electrons. The van der Waals surface area contributed by atoms with Crippen LogP contribution in [0.2, 0.25) is 0 Å². The standard InChI is InChI=1S/C10H14N4/c1-2-3-8-5-12-10-9(4-11)6-13-14(10)7-8/h5-7H,2-4,11H2,1H3. The first-order chi connectivity index (χ1) is 6.85. The van der Waals surface area contributed by atoms with Gasteiger partial charge in [-0.25, -0.2) is 9.50 Å². The van der Waals surface area contributed by atoms with Crippen LogP contribution in [-0.4, -0.2) is 14.6 Å². The molecule has 4 heteroatoms. The number of nitrogens with two attached hydrogens (primary N) is 1. The summed E-state index contributed by atoms with van der Waals surface area (Å²) in [5, 5.41) is 4.21. The summed E-state index contributed by atoms with van der Waals surface area (Å²) >= 11 is 0. The molecule has 0 aromatic carbocycles. The highest BCUT2D eigenvalue weighted by Gasteiger charge is 2.03. The Morgan fingerprint density at radius 2 is 2.29 bits per heavy atom. The minimum Gasteiger partial charge on any atom is -0.326 e. The first-order valence-corrected chi connectivity index (χ1v) is 4.86. The van der Waals surface area contributed by atoms with Crippen molar-refractivity contribution in [1.82, 2.24) is 14.6 Å². The lowest BCUT2D eigenvalue weighted by atomic mass is 10.2. The molecule has 14 heavy (non-hydrogen) atoms. The summed E-state index contributed by atoms with van der Waals surface area (Å²) in [5.41, 5.74) is 8.64. The van der Waals surface area contributed by atoms with Gasteiger partial charge in [-0.15, -0.1) is 0 Å². The fourth-order valence-electron chi connectivity index (χ4n) is 1.52. The number of aromatic nitrogens is 3. The molecular weight excluding hydrogens is 176 g/mol. The first-order valence-electron chi connectivity index (χ1n) is 4.86. The zero-order valence-corrected chi connectivity index (χ0v) is 8.27. The van der Waals surface area contributed by atoms with Crippen molar-refractivity contribution in [1.29, 1.82) is 0 Å². The molecular formula is C10H14N4. The van der Waals surface area contributed by atoms with E-state index in [1.807, 2.05) is 12.4 Å². The first kappa shape index (κ1) is 9.15. The van der Waals surface area contributed by atoms with E-state index >= 15 is 0 Å². The van der Waals surface area contributed by atoms with E-state index in [1.165, 1.54) is 5.56 Å². The summed E-state index contributed by atoms with van der Waals surface area (Å²) in [6.07, 6.45) is 7.86. The van der Waals surface area contributed by atoms with Gasteiger partial charge < -0.3 is 5.73 Å². The van der Waals surface area contributed by atoms with Crippen molar-refractivity contribution in [3.63, 3.8) is 0 Å². The van der Waals surface area contributed by atoms with Crippen molar-refractivity contribution in [2.45, 2.75) is 26.3 Å². The molecule has 74 valence electrons. The van der Waals surface area contributed by atoms with Gasteiger partial charge in [0, 0.05) is 24.5 Å². The van der Waals surface area contributed by atoms with Crippen LogP contribution in [0.15, 0.2) is 18.6 Å². The molecule has 0 amide bonds. The van der Waals surface area contributed by atoms with Gasteiger partial charge in [0.25, 0.3) is 0 Å².